The molecule has 1 aliphatic heterocycles. The SMILES string of the molecule is CN1CCC2=C(c3ccccc3)CC[C@@H](C(=O)N(C)C)C2C1. The quantitative estimate of drug-likeness (QED) is 0.838. The van der Waals surface area contributed by atoms with Crippen LogP contribution in [0.4, 0.5) is 0 Å². The molecule has 0 spiro atoms. The Morgan fingerprint density at radius 2 is 1.91 bits per heavy atom. The highest BCUT2D eigenvalue weighted by atomic mass is 16.2. The van der Waals surface area contributed by atoms with Crippen molar-refractivity contribution in [1.29, 1.82) is 0 Å². The standard InChI is InChI=1S/C19H26N2O/c1-20(2)19(22)17-10-9-15(14-7-5-4-6-8-14)16-11-12-21(3)13-18(16)17/h4-8,17-18H,9-13H2,1-3H3/t17-,18?/m1/s1. The van der Waals surface area contributed by atoms with Crippen LogP contribution < -0.4 is 0 Å². The second-order valence-corrected chi connectivity index (χ2v) is 6.87. The second kappa shape index (κ2) is 6.25. The summed E-state index contributed by atoms with van der Waals surface area (Å²) in [5.41, 5.74) is 4.39. The van der Waals surface area contributed by atoms with Crippen molar-refractivity contribution in [2.75, 3.05) is 34.2 Å². The summed E-state index contributed by atoms with van der Waals surface area (Å²) in [6.07, 6.45) is 3.11. The molecule has 0 N–H and O–H groups in total. The molecule has 1 amide bonds. The molecule has 1 heterocycles. The van der Waals surface area contributed by atoms with Gasteiger partial charge >= 0.3 is 0 Å². The number of fused-ring (bicyclic) bond motifs is 1. The zero-order valence-electron chi connectivity index (χ0n) is 13.9. The van der Waals surface area contributed by atoms with Crippen molar-refractivity contribution in [2.24, 2.45) is 11.8 Å². The zero-order chi connectivity index (χ0) is 15.7. The first-order valence-electron chi connectivity index (χ1n) is 8.25. The normalized spacial score (nSPS) is 25.8. The summed E-state index contributed by atoms with van der Waals surface area (Å²) >= 11 is 0. The summed E-state index contributed by atoms with van der Waals surface area (Å²) in [6.45, 7) is 2.11. The molecular weight excluding hydrogens is 272 g/mol. The van der Waals surface area contributed by atoms with Gasteiger partial charge in [-0.2, -0.15) is 0 Å². The van der Waals surface area contributed by atoms with Crippen LogP contribution in [-0.2, 0) is 4.79 Å². The Hall–Kier alpha value is -1.61. The van der Waals surface area contributed by atoms with Gasteiger partial charge in [0, 0.05) is 39.0 Å². The van der Waals surface area contributed by atoms with Crippen LogP contribution in [0.5, 0.6) is 0 Å². The van der Waals surface area contributed by atoms with Gasteiger partial charge in [0.25, 0.3) is 0 Å². The maximum Gasteiger partial charge on any atom is 0.225 e. The van der Waals surface area contributed by atoms with E-state index < -0.39 is 0 Å². The molecule has 118 valence electrons. The molecule has 0 aromatic heterocycles. The highest BCUT2D eigenvalue weighted by Crippen LogP contribution is 2.43. The van der Waals surface area contributed by atoms with Gasteiger partial charge in [0.15, 0.2) is 0 Å². The van der Waals surface area contributed by atoms with E-state index in [1.165, 1.54) is 16.7 Å². The Morgan fingerprint density at radius 1 is 1.18 bits per heavy atom. The van der Waals surface area contributed by atoms with Crippen molar-refractivity contribution in [3.05, 3.63) is 41.5 Å². The van der Waals surface area contributed by atoms with Crippen LogP contribution in [0.3, 0.4) is 0 Å². The summed E-state index contributed by atoms with van der Waals surface area (Å²) in [7, 11) is 5.93. The van der Waals surface area contributed by atoms with Gasteiger partial charge in [-0.15, -0.1) is 0 Å². The molecule has 0 radical (unpaired) electrons. The maximum absolute atomic E-state index is 12.6. The van der Waals surface area contributed by atoms with Gasteiger partial charge in [0.05, 0.1) is 0 Å². The number of amides is 1. The minimum absolute atomic E-state index is 0.153. The summed E-state index contributed by atoms with van der Waals surface area (Å²) in [4.78, 5) is 16.7. The highest BCUT2D eigenvalue weighted by molar-refractivity contribution is 5.82. The number of carbonyl (C=O) groups is 1. The predicted molar refractivity (Wildman–Crippen MR) is 90.4 cm³/mol. The number of rotatable bonds is 2. The van der Waals surface area contributed by atoms with Crippen molar-refractivity contribution in [1.82, 2.24) is 9.80 Å². The van der Waals surface area contributed by atoms with Gasteiger partial charge in [0.2, 0.25) is 5.91 Å². The molecule has 0 bridgehead atoms. The van der Waals surface area contributed by atoms with Crippen LogP contribution in [0.2, 0.25) is 0 Å². The molecule has 1 fully saturated rings. The molecular formula is C19H26N2O. The van der Waals surface area contributed by atoms with Gasteiger partial charge in [-0.3, -0.25) is 4.79 Å². The predicted octanol–water partition coefficient (Wildman–Crippen LogP) is 2.89. The first-order valence-corrected chi connectivity index (χ1v) is 8.25. The Morgan fingerprint density at radius 3 is 2.59 bits per heavy atom. The number of nitrogens with zero attached hydrogens (tertiary/aromatic N) is 2. The third kappa shape index (κ3) is 2.82. The first-order chi connectivity index (χ1) is 10.6. The van der Waals surface area contributed by atoms with Crippen LogP contribution in [0.1, 0.15) is 24.8 Å². The minimum Gasteiger partial charge on any atom is -0.349 e. The van der Waals surface area contributed by atoms with E-state index in [1.807, 2.05) is 14.1 Å². The monoisotopic (exact) mass is 298 g/mol. The van der Waals surface area contributed by atoms with Crippen molar-refractivity contribution in [2.45, 2.75) is 19.3 Å². The van der Waals surface area contributed by atoms with Crippen LogP contribution in [-0.4, -0.2) is 49.9 Å². The van der Waals surface area contributed by atoms with Gasteiger partial charge in [-0.1, -0.05) is 35.9 Å². The van der Waals surface area contributed by atoms with Crippen LogP contribution >= 0.6 is 0 Å². The molecule has 0 saturated carbocycles. The van der Waals surface area contributed by atoms with Gasteiger partial charge < -0.3 is 9.80 Å². The van der Waals surface area contributed by atoms with Gasteiger partial charge in [-0.05, 0) is 37.4 Å². The Balaban J connectivity index is 1.98. The van der Waals surface area contributed by atoms with E-state index in [-0.39, 0.29) is 5.92 Å². The van der Waals surface area contributed by atoms with Crippen molar-refractivity contribution >= 4 is 11.5 Å². The zero-order valence-corrected chi connectivity index (χ0v) is 13.9. The largest absolute Gasteiger partial charge is 0.349 e. The number of hydrogen-bond acceptors (Lipinski definition) is 2. The van der Waals surface area contributed by atoms with Crippen molar-refractivity contribution < 1.29 is 4.79 Å². The third-order valence-electron chi connectivity index (χ3n) is 5.18. The minimum atomic E-state index is 0.153. The molecule has 22 heavy (non-hydrogen) atoms. The van der Waals surface area contributed by atoms with Crippen molar-refractivity contribution in [3.8, 4) is 0 Å². The fourth-order valence-electron chi connectivity index (χ4n) is 4.04. The molecule has 2 aliphatic rings. The van der Waals surface area contributed by atoms with Gasteiger partial charge in [0.1, 0.15) is 0 Å². The number of benzene rings is 1. The fourth-order valence-corrected chi connectivity index (χ4v) is 4.04. The maximum atomic E-state index is 12.6. The Kier molecular flexibility index (Phi) is 4.34. The van der Waals surface area contributed by atoms with Crippen molar-refractivity contribution in [3.63, 3.8) is 0 Å². The number of allylic oxidation sites excluding steroid dienone is 1. The topological polar surface area (TPSA) is 23.6 Å². The molecule has 1 aromatic rings. The first kappa shape index (κ1) is 15.3. The molecule has 1 saturated heterocycles. The lowest BCUT2D eigenvalue weighted by Crippen LogP contribution is -2.44. The summed E-state index contributed by atoms with van der Waals surface area (Å²) in [6, 6.07) is 10.7. The summed E-state index contributed by atoms with van der Waals surface area (Å²) < 4.78 is 0. The molecule has 1 unspecified atom stereocenters. The Labute approximate surface area is 133 Å². The number of likely N-dealkylation sites (tertiary alicyclic amines) is 1. The molecule has 3 rings (SSSR count). The van der Waals surface area contributed by atoms with Crippen LogP contribution in [0.15, 0.2) is 35.9 Å². The van der Waals surface area contributed by atoms with Crippen LogP contribution in [0, 0.1) is 11.8 Å². The average Bonchev–Trinajstić information content (AvgIpc) is 2.53. The summed E-state index contributed by atoms with van der Waals surface area (Å²) in [5.74, 6) is 0.836. The average molecular weight is 298 g/mol. The molecule has 1 aromatic carbocycles. The number of carbonyl (C=O) groups excluding carboxylic acids is 1. The lowest BCUT2D eigenvalue weighted by Gasteiger charge is -2.42. The molecule has 2 atom stereocenters. The lowest BCUT2D eigenvalue weighted by molar-refractivity contribution is -0.135. The number of hydrogen-bond donors (Lipinski definition) is 0. The van der Waals surface area contributed by atoms with E-state index in [0.717, 1.165) is 32.4 Å². The molecule has 3 heteroatoms. The highest BCUT2D eigenvalue weighted by Gasteiger charge is 2.39. The van der Waals surface area contributed by atoms with E-state index >= 15 is 0 Å². The Bertz CT molecular complexity index is 576. The lowest BCUT2D eigenvalue weighted by atomic mass is 9.70. The van der Waals surface area contributed by atoms with E-state index in [4.69, 9.17) is 0 Å². The van der Waals surface area contributed by atoms with E-state index in [9.17, 15) is 4.79 Å². The number of piperidine rings is 1. The summed E-state index contributed by atoms with van der Waals surface area (Å²) in [5, 5.41) is 0. The fraction of sp³-hybridized carbons (Fsp3) is 0.526. The van der Waals surface area contributed by atoms with Crippen LogP contribution in [0.25, 0.3) is 5.57 Å². The molecule has 3 nitrogen and oxygen atoms in total. The third-order valence-corrected chi connectivity index (χ3v) is 5.18. The molecule has 1 aliphatic carbocycles. The van der Waals surface area contributed by atoms with E-state index in [2.05, 4.69) is 42.3 Å². The van der Waals surface area contributed by atoms with E-state index in [1.54, 1.807) is 4.90 Å². The van der Waals surface area contributed by atoms with E-state index in [0.29, 0.717) is 11.8 Å². The smallest absolute Gasteiger partial charge is 0.225 e. The second-order valence-electron chi connectivity index (χ2n) is 6.87. The van der Waals surface area contributed by atoms with Gasteiger partial charge in [-0.25, -0.2) is 0 Å².